The Bertz CT molecular complexity index is 859. The molecular formula is C16H13N3OS3. The van der Waals surface area contributed by atoms with Crippen LogP contribution in [0.4, 0.5) is 0 Å². The van der Waals surface area contributed by atoms with Crippen molar-refractivity contribution in [3.63, 3.8) is 0 Å². The van der Waals surface area contributed by atoms with Gasteiger partial charge in [0.05, 0.1) is 5.69 Å². The van der Waals surface area contributed by atoms with Crippen LogP contribution in [0.3, 0.4) is 0 Å². The van der Waals surface area contributed by atoms with Crippen molar-refractivity contribution in [2.45, 2.75) is 9.59 Å². The number of primary amides is 1. The Kier molecular flexibility index (Phi) is 4.90. The molecule has 0 spiro atoms. The second kappa shape index (κ2) is 7.08. The normalized spacial score (nSPS) is 12.0. The van der Waals surface area contributed by atoms with E-state index < -0.39 is 11.2 Å². The Morgan fingerprint density at radius 3 is 2.35 bits per heavy atom. The molecule has 0 aliphatic carbocycles. The second-order valence-electron chi connectivity index (χ2n) is 4.69. The van der Waals surface area contributed by atoms with Gasteiger partial charge < -0.3 is 5.73 Å². The fraction of sp³-hybridized carbons (Fsp3) is 0.0625. The molecule has 1 amide bonds. The molecule has 1 aromatic heterocycles. The minimum atomic E-state index is -0.485. The fourth-order valence-electron chi connectivity index (χ4n) is 2.06. The first-order chi connectivity index (χ1) is 11.1. The maximum absolute atomic E-state index is 11.8. The Balaban J connectivity index is 1.91. The lowest BCUT2D eigenvalue weighted by Crippen LogP contribution is -2.18. The molecule has 0 radical (unpaired) electrons. The molecule has 0 aliphatic rings. The van der Waals surface area contributed by atoms with E-state index in [-0.39, 0.29) is 0 Å². The van der Waals surface area contributed by atoms with Crippen molar-refractivity contribution in [3.8, 4) is 5.69 Å². The fourth-order valence-corrected chi connectivity index (χ4v) is 4.56. The minimum absolute atomic E-state index is 0.395. The summed E-state index contributed by atoms with van der Waals surface area (Å²) in [5, 5.41) is 4.03. The molecule has 1 atom stereocenters. The van der Waals surface area contributed by atoms with E-state index in [2.05, 4.69) is 5.10 Å². The lowest BCUT2D eigenvalue weighted by molar-refractivity contribution is -0.117. The third kappa shape index (κ3) is 3.69. The average molecular weight is 360 g/mol. The van der Waals surface area contributed by atoms with E-state index in [1.807, 2.05) is 60.7 Å². The molecule has 1 unspecified atom stereocenters. The first kappa shape index (κ1) is 15.9. The SMILES string of the molecule is NC(=O)C(Sc1nn(-c2ccccc2)c(=S)s1)c1ccccc1. The van der Waals surface area contributed by atoms with Gasteiger partial charge in [-0.2, -0.15) is 0 Å². The Hall–Kier alpha value is -1.96. The zero-order chi connectivity index (χ0) is 16.2. The number of hydrogen-bond acceptors (Lipinski definition) is 5. The number of para-hydroxylation sites is 1. The number of carbonyl (C=O) groups excluding carboxylic acids is 1. The third-order valence-corrected chi connectivity index (χ3v) is 5.70. The predicted molar refractivity (Wildman–Crippen MR) is 96.5 cm³/mol. The number of thioether (sulfide) groups is 1. The number of nitrogens with zero attached hydrogens (tertiary/aromatic N) is 2. The minimum Gasteiger partial charge on any atom is -0.368 e. The van der Waals surface area contributed by atoms with E-state index in [9.17, 15) is 4.79 Å². The Labute approximate surface area is 147 Å². The highest BCUT2D eigenvalue weighted by molar-refractivity contribution is 8.02. The molecular weight excluding hydrogens is 346 g/mol. The van der Waals surface area contributed by atoms with Gasteiger partial charge in [0.25, 0.3) is 0 Å². The molecule has 3 aromatic rings. The van der Waals surface area contributed by atoms with Crippen LogP contribution in [0, 0.1) is 3.95 Å². The van der Waals surface area contributed by atoms with Crippen molar-refractivity contribution in [3.05, 3.63) is 70.2 Å². The van der Waals surface area contributed by atoms with Crippen molar-refractivity contribution >= 4 is 41.2 Å². The van der Waals surface area contributed by atoms with Crippen molar-refractivity contribution < 1.29 is 4.79 Å². The summed E-state index contributed by atoms with van der Waals surface area (Å²) in [6.45, 7) is 0. The molecule has 0 bridgehead atoms. The van der Waals surface area contributed by atoms with Gasteiger partial charge >= 0.3 is 0 Å². The van der Waals surface area contributed by atoms with Gasteiger partial charge in [-0.3, -0.25) is 4.79 Å². The summed E-state index contributed by atoms with van der Waals surface area (Å²) >= 11 is 8.08. The summed E-state index contributed by atoms with van der Waals surface area (Å²) in [6, 6.07) is 19.1. The number of rotatable bonds is 5. The van der Waals surface area contributed by atoms with E-state index in [4.69, 9.17) is 18.0 Å². The van der Waals surface area contributed by atoms with Crippen molar-refractivity contribution in [1.29, 1.82) is 0 Å². The molecule has 4 nitrogen and oxygen atoms in total. The van der Waals surface area contributed by atoms with Crippen molar-refractivity contribution in [2.75, 3.05) is 0 Å². The van der Waals surface area contributed by atoms with Gasteiger partial charge in [0, 0.05) is 0 Å². The average Bonchev–Trinajstić information content (AvgIpc) is 2.94. The number of aromatic nitrogens is 2. The number of benzene rings is 2. The van der Waals surface area contributed by atoms with E-state index in [0.29, 0.717) is 8.29 Å². The summed E-state index contributed by atoms with van der Waals surface area (Å²) in [4.78, 5) is 11.8. The highest BCUT2D eigenvalue weighted by Crippen LogP contribution is 2.36. The standard InChI is InChI=1S/C16H13N3OS3/c17-14(20)13(11-7-3-1-4-8-11)22-15-18-19(16(21)23-15)12-9-5-2-6-10-12/h1-10,13H,(H2,17,20). The predicted octanol–water partition coefficient (Wildman–Crippen LogP) is 3.98. The molecule has 23 heavy (non-hydrogen) atoms. The highest BCUT2D eigenvalue weighted by Gasteiger charge is 2.21. The maximum Gasteiger partial charge on any atom is 0.235 e. The number of hydrogen-bond donors (Lipinski definition) is 1. The molecule has 2 N–H and O–H groups in total. The summed E-state index contributed by atoms with van der Waals surface area (Å²) in [5.74, 6) is -0.395. The molecule has 2 aromatic carbocycles. The number of carbonyl (C=O) groups is 1. The topological polar surface area (TPSA) is 60.9 Å². The lowest BCUT2D eigenvalue weighted by atomic mass is 10.1. The Morgan fingerprint density at radius 2 is 1.74 bits per heavy atom. The zero-order valence-corrected chi connectivity index (χ0v) is 14.4. The highest BCUT2D eigenvalue weighted by atomic mass is 32.2. The first-order valence-electron chi connectivity index (χ1n) is 6.81. The number of nitrogens with two attached hydrogens (primary N) is 1. The summed E-state index contributed by atoms with van der Waals surface area (Å²) in [7, 11) is 0. The van der Waals surface area contributed by atoms with Crippen LogP contribution in [-0.2, 0) is 4.79 Å². The molecule has 3 rings (SSSR count). The smallest absolute Gasteiger partial charge is 0.235 e. The molecule has 116 valence electrons. The molecule has 0 fully saturated rings. The van der Waals surface area contributed by atoms with Gasteiger partial charge in [-0.05, 0) is 29.9 Å². The van der Waals surface area contributed by atoms with Crippen LogP contribution in [0.2, 0.25) is 0 Å². The van der Waals surface area contributed by atoms with Crippen molar-refractivity contribution in [1.82, 2.24) is 9.78 Å². The Morgan fingerprint density at radius 1 is 1.13 bits per heavy atom. The van der Waals surface area contributed by atoms with Gasteiger partial charge in [0.15, 0.2) is 8.29 Å². The largest absolute Gasteiger partial charge is 0.368 e. The van der Waals surface area contributed by atoms with Crippen LogP contribution in [0.15, 0.2) is 65.0 Å². The van der Waals surface area contributed by atoms with E-state index >= 15 is 0 Å². The summed E-state index contributed by atoms with van der Waals surface area (Å²) in [5.41, 5.74) is 7.31. The zero-order valence-electron chi connectivity index (χ0n) is 12.0. The molecule has 0 aliphatic heterocycles. The van der Waals surface area contributed by atoms with Gasteiger partial charge in [-0.25, -0.2) is 4.68 Å². The molecule has 0 saturated carbocycles. The lowest BCUT2D eigenvalue weighted by Gasteiger charge is -2.11. The van der Waals surface area contributed by atoms with Gasteiger partial charge in [0.2, 0.25) is 5.91 Å². The van der Waals surface area contributed by atoms with Gasteiger partial charge in [-0.15, -0.1) is 5.10 Å². The third-order valence-electron chi connectivity index (χ3n) is 3.11. The second-order valence-corrected chi connectivity index (χ2v) is 7.67. The molecule has 1 heterocycles. The molecule has 7 heteroatoms. The van der Waals surface area contributed by atoms with E-state index in [0.717, 1.165) is 11.3 Å². The van der Waals surface area contributed by atoms with Gasteiger partial charge in [0.1, 0.15) is 5.25 Å². The van der Waals surface area contributed by atoms with Crippen molar-refractivity contribution in [2.24, 2.45) is 5.73 Å². The van der Waals surface area contributed by atoms with Crippen LogP contribution < -0.4 is 5.73 Å². The monoisotopic (exact) mass is 359 g/mol. The van der Waals surface area contributed by atoms with Gasteiger partial charge in [-0.1, -0.05) is 71.6 Å². The van der Waals surface area contributed by atoms with Crippen LogP contribution in [0.5, 0.6) is 0 Å². The summed E-state index contributed by atoms with van der Waals surface area (Å²) in [6.07, 6.45) is 0. The quantitative estimate of drug-likeness (QED) is 0.553. The van der Waals surface area contributed by atoms with Crippen LogP contribution in [0.1, 0.15) is 10.8 Å². The van der Waals surface area contributed by atoms with E-state index in [1.165, 1.54) is 23.1 Å². The maximum atomic E-state index is 11.8. The van der Waals surface area contributed by atoms with Crippen LogP contribution >= 0.6 is 35.3 Å². The van der Waals surface area contributed by atoms with Crippen LogP contribution in [0.25, 0.3) is 5.69 Å². The van der Waals surface area contributed by atoms with E-state index in [1.54, 1.807) is 4.68 Å². The summed E-state index contributed by atoms with van der Waals surface area (Å²) < 4.78 is 3.05. The first-order valence-corrected chi connectivity index (χ1v) is 8.92. The number of amides is 1. The van der Waals surface area contributed by atoms with Crippen LogP contribution in [-0.4, -0.2) is 15.7 Å². The molecule has 0 saturated heterocycles.